The Morgan fingerprint density at radius 2 is 1.77 bits per heavy atom. The number of rotatable bonds is 6. The molecule has 0 bridgehead atoms. The lowest BCUT2D eigenvalue weighted by Crippen LogP contribution is -2.51. The molecule has 214 valence electrons. The van der Waals surface area contributed by atoms with Gasteiger partial charge in [0.1, 0.15) is 23.7 Å². The van der Waals surface area contributed by atoms with Gasteiger partial charge in [-0.05, 0) is 25.5 Å². The van der Waals surface area contributed by atoms with E-state index in [1.807, 2.05) is 0 Å². The van der Waals surface area contributed by atoms with Crippen molar-refractivity contribution in [3.63, 3.8) is 0 Å². The van der Waals surface area contributed by atoms with Gasteiger partial charge in [-0.2, -0.15) is 0 Å². The minimum absolute atomic E-state index is 0.0461. The molecule has 2 aromatic carbocycles. The van der Waals surface area contributed by atoms with Gasteiger partial charge in [-0.15, -0.1) is 0 Å². The van der Waals surface area contributed by atoms with E-state index in [0.717, 1.165) is 0 Å². The highest BCUT2D eigenvalue weighted by Gasteiger charge is 2.50. The summed E-state index contributed by atoms with van der Waals surface area (Å²) in [7, 11) is 1.74. The van der Waals surface area contributed by atoms with Crippen LogP contribution in [0.15, 0.2) is 18.2 Å². The Kier molecular flexibility index (Phi) is 7.32. The van der Waals surface area contributed by atoms with E-state index in [2.05, 4.69) is 5.32 Å². The van der Waals surface area contributed by atoms with Crippen molar-refractivity contribution in [3.8, 4) is 11.5 Å². The zero-order chi connectivity index (χ0) is 29.1. The third-order valence-corrected chi connectivity index (χ3v) is 8.82. The molecular weight excluding hydrogens is 522 g/mol. The van der Waals surface area contributed by atoms with E-state index >= 15 is 0 Å². The van der Waals surface area contributed by atoms with Crippen LogP contribution in [0.1, 0.15) is 80.8 Å². The van der Waals surface area contributed by atoms with E-state index in [1.165, 1.54) is 18.2 Å². The van der Waals surface area contributed by atoms with Crippen LogP contribution in [0.5, 0.6) is 11.5 Å². The molecule has 3 aliphatic carbocycles. The zero-order valence-corrected chi connectivity index (χ0v) is 22.2. The number of benzene rings is 2. The highest BCUT2D eigenvalue weighted by molar-refractivity contribution is 6.31. The molecule has 1 fully saturated rings. The van der Waals surface area contributed by atoms with Gasteiger partial charge in [0.05, 0.1) is 36.0 Å². The largest absolute Gasteiger partial charge is 0.507 e. The van der Waals surface area contributed by atoms with E-state index in [-0.39, 0.29) is 33.9 Å². The van der Waals surface area contributed by atoms with Crippen molar-refractivity contribution in [1.82, 2.24) is 5.32 Å². The molecular formula is C29H33NO10. The fourth-order valence-electron chi connectivity index (χ4n) is 6.54. The molecule has 7 N–H and O–H groups in total. The van der Waals surface area contributed by atoms with Crippen molar-refractivity contribution in [2.24, 2.45) is 5.92 Å². The number of aliphatic hydroxyl groups is 4. The third-order valence-electron chi connectivity index (χ3n) is 8.82. The molecule has 0 aliphatic heterocycles. The number of carbonyl (C=O) groups is 3. The number of fused-ring (bicyclic) bond motifs is 3. The molecule has 3 aliphatic rings. The maximum Gasteiger partial charge on any atom is 0.198 e. The number of likely N-dealkylation sites (N-methyl/N-ethyl adjacent to an activating group) is 1. The predicted molar refractivity (Wildman–Crippen MR) is 139 cm³/mol. The molecule has 0 radical (unpaired) electrons. The number of ketones is 3. The third kappa shape index (κ3) is 4.16. The van der Waals surface area contributed by atoms with Crippen molar-refractivity contribution in [2.75, 3.05) is 13.7 Å². The smallest absolute Gasteiger partial charge is 0.198 e. The summed E-state index contributed by atoms with van der Waals surface area (Å²) < 4.78 is 6.34. The van der Waals surface area contributed by atoms with Crippen molar-refractivity contribution in [3.05, 3.63) is 57.1 Å². The number of ether oxygens (including phenoxy) is 1. The van der Waals surface area contributed by atoms with Gasteiger partial charge in [0.15, 0.2) is 17.3 Å². The van der Waals surface area contributed by atoms with E-state index in [0.29, 0.717) is 12.8 Å². The highest BCUT2D eigenvalue weighted by atomic mass is 16.5. The number of phenolic OH excluding ortho intramolecular Hbond substituents is 2. The summed E-state index contributed by atoms with van der Waals surface area (Å²) in [5.41, 5.74) is -3.27. The molecule has 0 amide bonds. The number of phenols is 2. The summed E-state index contributed by atoms with van der Waals surface area (Å²) in [6.07, 6.45) is -2.48. The topological polar surface area (TPSA) is 194 Å². The molecule has 11 nitrogen and oxygen atoms in total. The normalized spacial score (nSPS) is 29.5. The Labute approximate surface area is 230 Å². The Hall–Kier alpha value is -3.19. The summed E-state index contributed by atoms with van der Waals surface area (Å²) in [5.74, 6) is -4.16. The first-order valence-electron chi connectivity index (χ1n) is 13.3. The van der Waals surface area contributed by atoms with E-state index < -0.39 is 95.9 Å². The van der Waals surface area contributed by atoms with Crippen molar-refractivity contribution < 1.29 is 49.8 Å². The van der Waals surface area contributed by atoms with Crippen LogP contribution in [0, 0.1) is 5.92 Å². The molecule has 0 spiro atoms. The van der Waals surface area contributed by atoms with Gasteiger partial charge in [0, 0.05) is 47.1 Å². The van der Waals surface area contributed by atoms with Crippen LogP contribution in [-0.4, -0.2) is 85.5 Å². The second kappa shape index (κ2) is 10.3. The van der Waals surface area contributed by atoms with E-state index in [4.69, 9.17) is 4.74 Å². The fourth-order valence-corrected chi connectivity index (χ4v) is 6.54. The summed E-state index contributed by atoms with van der Waals surface area (Å²) in [6, 6.07) is 4.16. The molecule has 5 rings (SSSR count). The van der Waals surface area contributed by atoms with Crippen molar-refractivity contribution >= 4 is 17.3 Å². The molecule has 6 unspecified atom stereocenters. The highest BCUT2D eigenvalue weighted by Crippen LogP contribution is 2.52. The van der Waals surface area contributed by atoms with Crippen molar-refractivity contribution in [1.29, 1.82) is 0 Å². The van der Waals surface area contributed by atoms with Gasteiger partial charge in [0.25, 0.3) is 0 Å². The number of hydrogen-bond acceptors (Lipinski definition) is 11. The van der Waals surface area contributed by atoms with Gasteiger partial charge in [-0.25, -0.2) is 0 Å². The number of Topliss-reactive ketones (excluding diaryl/α,β-unsaturated/α-hetero) is 1. The summed E-state index contributed by atoms with van der Waals surface area (Å²) in [5, 5.41) is 67.4. The fraction of sp³-hybridized carbons (Fsp3) is 0.483. The molecule has 40 heavy (non-hydrogen) atoms. The van der Waals surface area contributed by atoms with E-state index in [1.54, 1.807) is 14.0 Å². The number of aliphatic hydroxyl groups excluding tert-OH is 3. The zero-order valence-electron chi connectivity index (χ0n) is 22.2. The Bertz CT molecular complexity index is 1400. The van der Waals surface area contributed by atoms with Gasteiger partial charge < -0.3 is 40.7 Å². The monoisotopic (exact) mass is 555 g/mol. The average molecular weight is 556 g/mol. The Morgan fingerprint density at radius 1 is 1.07 bits per heavy atom. The van der Waals surface area contributed by atoms with Crippen molar-refractivity contribution in [2.45, 2.75) is 69.2 Å². The molecule has 11 heteroatoms. The van der Waals surface area contributed by atoms with Gasteiger partial charge >= 0.3 is 0 Å². The lowest BCUT2D eigenvalue weighted by molar-refractivity contribution is -0.155. The van der Waals surface area contributed by atoms with E-state index in [9.17, 15) is 45.0 Å². The quantitative estimate of drug-likeness (QED) is 0.208. The number of hydrogen-bond donors (Lipinski definition) is 7. The lowest BCUT2D eigenvalue weighted by Gasteiger charge is -2.43. The van der Waals surface area contributed by atoms with Crippen LogP contribution in [0.2, 0.25) is 0 Å². The van der Waals surface area contributed by atoms with Crippen LogP contribution in [0.3, 0.4) is 0 Å². The SMILES string of the molecule is CNC1CCC(OC2CC(O)(C(=O)CO)Cc3c(O)c4c(c(O)c32)C(=O)c2c(CO)cccc2C4=O)C(C)C1O. The molecule has 6 atom stereocenters. The van der Waals surface area contributed by atoms with Gasteiger partial charge in [0.2, 0.25) is 0 Å². The van der Waals surface area contributed by atoms with Gasteiger partial charge in [-0.3, -0.25) is 14.4 Å². The van der Waals surface area contributed by atoms with Crippen LogP contribution in [-0.2, 0) is 22.6 Å². The maximum atomic E-state index is 13.7. The standard InChI is InChI=1S/C29H33NO10/c1-12-17(7-6-16(30-2)24(12)34)40-18-9-29(39,19(33)11-32)8-15-21(18)28(38)23-22(26(15)36)25(35)14-5-3-4-13(10-31)20(14)27(23)37/h3-5,12,16-18,24,30-32,34,36,38-39H,6-11H2,1-2H3. The first-order chi connectivity index (χ1) is 19.0. The van der Waals surface area contributed by atoms with Crippen LogP contribution >= 0.6 is 0 Å². The summed E-state index contributed by atoms with van der Waals surface area (Å²) in [4.78, 5) is 39.9. The minimum Gasteiger partial charge on any atom is -0.507 e. The van der Waals surface area contributed by atoms with Gasteiger partial charge in [-0.1, -0.05) is 25.1 Å². The molecule has 2 aromatic rings. The van der Waals surface area contributed by atoms with Crippen LogP contribution < -0.4 is 5.32 Å². The average Bonchev–Trinajstić information content (AvgIpc) is 2.94. The second-order valence-corrected chi connectivity index (χ2v) is 11.0. The Balaban J connectivity index is 1.68. The lowest BCUT2D eigenvalue weighted by atomic mass is 9.71. The van der Waals surface area contributed by atoms with Crippen LogP contribution in [0.4, 0.5) is 0 Å². The summed E-state index contributed by atoms with van der Waals surface area (Å²) >= 11 is 0. The molecule has 0 saturated heterocycles. The molecule has 0 heterocycles. The maximum absolute atomic E-state index is 13.7. The first kappa shape index (κ1) is 28.3. The molecule has 0 aromatic heterocycles. The number of aromatic hydroxyl groups is 2. The predicted octanol–water partition coefficient (Wildman–Crippen LogP) is 0.409. The molecule has 1 saturated carbocycles. The van der Waals surface area contributed by atoms with Crippen LogP contribution in [0.25, 0.3) is 0 Å². The Morgan fingerprint density at radius 3 is 2.42 bits per heavy atom. The summed E-state index contributed by atoms with van der Waals surface area (Å²) in [6.45, 7) is 0.257. The number of carbonyl (C=O) groups excluding carboxylic acids is 3. The minimum atomic E-state index is -2.20. The second-order valence-electron chi connectivity index (χ2n) is 11.0. The first-order valence-corrected chi connectivity index (χ1v) is 13.3. The number of nitrogens with one attached hydrogen (secondary N) is 1.